The Labute approximate surface area is 172 Å². The number of Topliss-reactive ketones (excluding diaryl/α,β-unsaturated/α-hetero) is 1. The average molecular weight is 401 g/mol. The highest BCUT2D eigenvalue weighted by atomic mass is 19.1. The molecule has 0 N–H and O–H groups in total. The van der Waals surface area contributed by atoms with Crippen molar-refractivity contribution in [1.29, 1.82) is 5.26 Å². The minimum Gasteiger partial charge on any atom is -0.493 e. The number of methoxy groups -OCH3 is 1. The van der Waals surface area contributed by atoms with E-state index in [1.807, 2.05) is 6.07 Å². The van der Waals surface area contributed by atoms with Gasteiger partial charge in [-0.25, -0.2) is 9.18 Å². The number of allylic oxidation sites excluding steroid dienone is 1. The van der Waals surface area contributed by atoms with E-state index in [1.54, 1.807) is 42.5 Å². The number of ketones is 1. The zero-order chi connectivity index (χ0) is 21.5. The van der Waals surface area contributed by atoms with Gasteiger partial charge in [-0.1, -0.05) is 36.4 Å². The number of rotatable bonds is 6. The van der Waals surface area contributed by atoms with Gasteiger partial charge in [0, 0.05) is 5.56 Å². The van der Waals surface area contributed by atoms with E-state index in [-0.39, 0.29) is 22.6 Å². The minimum absolute atomic E-state index is 0.0423. The molecular weight excluding hydrogens is 385 g/mol. The van der Waals surface area contributed by atoms with E-state index in [1.165, 1.54) is 31.4 Å². The van der Waals surface area contributed by atoms with Gasteiger partial charge in [0.25, 0.3) is 0 Å². The van der Waals surface area contributed by atoms with Gasteiger partial charge in [-0.05, 0) is 48.0 Å². The maximum absolute atomic E-state index is 13.0. The summed E-state index contributed by atoms with van der Waals surface area (Å²) in [7, 11) is 1.40. The summed E-state index contributed by atoms with van der Waals surface area (Å²) in [5.74, 6) is -1.14. The summed E-state index contributed by atoms with van der Waals surface area (Å²) in [5.41, 5.74) is 1.07. The summed E-state index contributed by atoms with van der Waals surface area (Å²) in [6, 6.07) is 20.0. The summed E-state index contributed by atoms with van der Waals surface area (Å²) in [4.78, 5) is 24.8. The standard InChI is InChI=1S/C24H16FNO4/c1-29-22-14-16(13-19(15-26)23(27)17-5-3-2-4-6-17)7-12-21(22)30-24(28)18-8-10-20(25)11-9-18/h2-14H,1H3/b19-13+. The molecule has 0 amide bonds. The highest BCUT2D eigenvalue weighted by molar-refractivity contribution is 6.14. The maximum atomic E-state index is 13.0. The van der Waals surface area contributed by atoms with E-state index in [4.69, 9.17) is 9.47 Å². The minimum atomic E-state index is -0.673. The number of hydrogen-bond acceptors (Lipinski definition) is 5. The first-order valence-corrected chi connectivity index (χ1v) is 8.89. The van der Waals surface area contributed by atoms with Gasteiger partial charge in [-0.15, -0.1) is 0 Å². The van der Waals surface area contributed by atoms with Crippen molar-refractivity contribution in [2.75, 3.05) is 7.11 Å². The van der Waals surface area contributed by atoms with Crippen LogP contribution in [0.25, 0.3) is 6.08 Å². The zero-order valence-corrected chi connectivity index (χ0v) is 16.0. The molecule has 30 heavy (non-hydrogen) atoms. The first-order chi connectivity index (χ1) is 14.5. The molecule has 0 unspecified atom stereocenters. The number of nitrogens with zero attached hydrogens (tertiary/aromatic N) is 1. The van der Waals surface area contributed by atoms with Gasteiger partial charge in [0.05, 0.1) is 12.7 Å². The first-order valence-electron chi connectivity index (χ1n) is 8.89. The largest absolute Gasteiger partial charge is 0.493 e. The molecule has 0 aliphatic carbocycles. The molecule has 0 heterocycles. The monoisotopic (exact) mass is 401 g/mol. The van der Waals surface area contributed by atoms with Gasteiger partial charge in [-0.3, -0.25) is 4.79 Å². The smallest absolute Gasteiger partial charge is 0.343 e. The quantitative estimate of drug-likeness (QED) is 0.194. The van der Waals surface area contributed by atoms with Crippen LogP contribution in [0.4, 0.5) is 4.39 Å². The van der Waals surface area contributed by atoms with Crippen LogP contribution in [0.1, 0.15) is 26.3 Å². The molecule has 3 aromatic rings. The van der Waals surface area contributed by atoms with E-state index in [2.05, 4.69) is 0 Å². The van der Waals surface area contributed by atoms with Crippen molar-refractivity contribution < 1.29 is 23.5 Å². The molecule has 0 aliphatic rings. The first kappa shape index (κ1) is 20.5. The highest BCUT2D eigenvalue weighted by Crippen LogP contribution is 2.30. The van der Waals surface area contributed by atoms with Crippen LogP contribution in [-0.4, -0.2) is 18.9 Å². The molecule has 0 atom stereocenters. The summed E-state index contributed by atoms with van der Waals surface area (Å²) in [6.07, 6.45) is 1.43. The van der Waals surface area contributed by atoms with Crippen LogP contribution < -0.4 is 9.47 Å². The maximum Gasteiger partial charge on any atom is 0.343 e. The third-order valence-electron chi connectivity index (χ3n) is 4.18. The number of carbonyl (C=O) groups is 2. The Morgan fingerprint density at radius 3 is 2.27 bits per heavy atom. The van der Waals surface area contributed by atoms with Gasteiger partial charge in [0.1, 0.15) is 17.5 Å². The molecule has 0 aliphatic heterocycles. The van der Waals surface area contributed by atoms with Gasteiger partial charge >= 0.3 is 5.97 Å². The number of nitriles is 1. The number of hydrogen-bond donors (Lipinski definition) is 0. The molecule has 6 heteroatoms. The van der Waals surface area contributed by atoms with Gasteiger partial charge < -0.3 is 9.47 Å². The number of halogens is 1. The third kappa shape index (κ3) is 4.78. The van der Waals surface area contributed by atoms with Crippen LogP contribution in [0.2, 0.25) is 0 Å². The van der Waals surface area contributed by atoms with Crippen molar-refractivity contribution in [1.82, 2.24) is 0 Å². The highest BCUT2D eigenvalue weighted by Gasteiger charge is 2.15. The van der Waals surface area contributed by atoms with Crippen molar-refractivity contribution in [2.45, 2.75) is 0 Å². The van der Waals surface area contributed by atoms with Gasteiger partial charge in [0.15, 0.2) is 11.5 Å². The van der Waals surface area contributed by atoms with Crippen molar-refractivity contribution >= 4 is 17.8 Å². The van der Waals surface area contributed by atoms with E-state index in [0.29, 0.717) is 11.1 Å². The van der Waals surface area contributed by atoms with Crippen molar-refractivity contribution in [3.63, 3.8) is 0 Å². The Hall–Kier alpha value is -4.24. The predicted octanol–water partition coefficient (Wildman–Crippen LogP) is 4.84. The summed E-state index contributed by atoms with van der Waals surface area (Å²) in [6.45, 7) is 0. The fourth-order valence-electron chi connectivity index (χ4n) is 2.66. The Kier molecular flexibility index (Phi) is 6.36. The molecule has 0 saturated heterocycles. The molecule has 0 radical (unpaired) electrons. The lowest BCUT2D eigenvalue weighted by molar-refractivity contribution is 0.0729. The molecule has 0 fully saturated rings. The Balaban J connectivity index is 1.85. The summed E-state index contributed by atoms with van der Waals surface area (Å²) < 4.78 is 23.6. The number of benzene rings is 3. The van der Waals surface area contributed by atoms with Crippen molar-refractivity contribution in [3.05, 3.63) is 101 Å². The SMILES string of the molecule is COc1cc(/C=C(\C#N)C(=O)c2ccccc2)ccc1OC(=O)c1ccc(F)cc1. The molecule has 3 aromatic carbocycles. The normalized spacial score (nSPS) is 10.8. The second-order valence-electron chi connectivity index (χ2n) is 6.17. The summed E-state index contributed by atoms with van der Waals surface area (Å²) >= 11 is 0. The van der Waals surface area contributed by atoms with E-state index >= 15 is 0 Å². The van der Waals surface area contributed by atoms with Gasteiger partial charge in [-0.2, -0.15) is 5.26 Å². The lowest BCUT2D eigenvalue weighted by Crippen LogP contribution is -2.09. The number of esters is 1. The number of ether oxygens (including phenoxy) is 2. The molecule has 3 rings (SSSR count). The van der Waals surface area contributed by atoms with Gasteiger partial charge in [0.2, 0.25) is 5.78 Å². The van der Waals surface area contributed by atoms with Crippen LogP contribution in [0, 0.1) is 17.1 Å². The second kappa shape index (κ2) is 9.30. The van der Waals surface area contributed by atoms with Crippen LogP contribution in [0.15, 0.2) is 78.4 Å². The fourth-order valence-corrected chi connectivity index (χ4v) is 2.66. The van der Waals surface area contributed by atoms with Crippen LogP contribution >= 0.6 is 0 Å². The van der Waals surface area contributed by atoms with E-state index < -0.39 is 17.6 Å². The average Bonchev–Trinajstić information content (AvgIpc) is 2.78. The molecule has 0 aromatic heterocycles. The number of carbonyl (C=O) groups excluding carboxylic acids is 2. The third-order valence-corrected chi connectivity index (χ3v) is 4.18. The van der Waals surface area contributed by atoms with Crippen LogP contribution in [0.3, 0.4) is 0 Å². The Morgan fingerprint density at radius 1 is 0.933 bits per heavy atom. The molecule has 0 bridgehead atoms. The molecule has 5 nitrogen and oxygen atoms in total. The van der Waals surface area contributed by atoms with E-state index in [9.17, 15) is 19.2 Å². The van der Waals surface area contributed by atoms with Crippen LogP contribution in [-0.2, 0) is 0 Å². The zero-order valence-electron chi connectivity index (χ0n) is 16.0. The van der Waals surface area contributed by atoms with Crippen molar-refractivity contribution in [3.8, 4) is 17.6 Å². The van der Waals surface area contributed by atoms with E-state index in [0.717, 1.165) is 12.1 Å². The fraction of sp³-hybridized carbons (Fsp3) is 0.0417. The summed E-state index contributed by atoms with van der Waals surface area (Å²) in [5, 5.41) is 9.40. The lowest BCUT2D eigenvalue weighted by Gasteiger charge is -2.10. The van der Waals surface area contributed by atoms with Crippen LogP contribution in [0.5, 0.6) is 11.5 Å². The molecule has 0 saturated carbocycles. The lowest BCUT2D eigenvalue weighted by atomic mass is 10.0. The Morgan fingerprint density at radius 2 is 1.63 bits per heavy atom. The molecular formula is C24H16FNO4. The molecule has 148 valence electrons. The predicted molar refractivity (Wildman–Crippen MR) is 109 cm³/mol. The van der Waals surface area contributed by atoms with Crippen molar-refractivity contribution in [2.24, 2.45) is 0 Å². The Bertz CT molecular complexity index is 1150. The second-order valence-corrected chi connectivity index (χ2v) is 6.17. The topological polar surface area (TPSA) is 76.4 Å². The molecule has 0 spiro atoms.